The van der Waals surface area contributed by atoms with Crippen LogP contribution in [0.15, 0.2) is 121 Å². The van der Waals surface area contributed by atoms with E-state index in [9.17, 15) is 8.42 Å². The van der Waals surface area contributed by atoms with E-state index in [-0.39, 0.29) is 24.3 Å². The Morgan fingerprint density at radius 1 is 0.809 bits per heavy atom. The third-order valence-corrected chi connectivity index (χ3v) is 8.56. The first kappa shape index (κ1) is 32.5. The zero-order chi connectivity index (χ0) is 32.6. The van der Waals surface area contributed by atoms with Crippen LogP contribution in [0.25, 0.3) is 11.0 Å². The summed E-state index contributed by atoms with van der Waals surface area (Å²) in [6.45, 7) is 5.08. The van der Waals surface area contributed by atoms with Gasteiger partial charge < -0.3 is 28.3 Å². The average Bonchev–Trinajstić information content (AvgIpc) is 3.67. The van der Waals surface area contributed by atoms with Gasteiger partial charge >= 0.3 is 0 Å². The molecule has 0 saturated carbocycles. The lowest BCUT2D eigenvalue weighted by Crippen LogP contribution is -2.38. The van der Waals surface area contributed by atoms with Crippen molar-refractivity contribution in [1.29, 1.82) is 0 Å². The fourth-order valence-electron chi connectivity index (χ4n) is 5.45. The van der Waals surface area contributed by atoms with E-state index in [1.165, 1.54) is 0 Å². The highest BCUT2D eigenvalue weighted by atomic mass is 32.2. The van der Waals surface area contributed by atoms with Crippen LogP contribution in [0.4, 0.5) is 0 Å². The molecule has 0 amide bonds. The van der Waals surface area contributed by atoms with Crippen LogP contribution >= 0.6 is 0 Å². The van der Waals surface area contributed by atoms with Gasteiger partial charge in [-0.2, -0.15) is 9.97 Å². The Balaban J connectivity index is 1.37. The summed E-state index contributed by atoms with van der Waals surface area (Å²) in [5, 5.41) is 0.165. The van der Waals surface area contributed by atoms with Crippen molar-refractivity contribution in [3.8, 4) is 5.88 Å². The summed E-state index contributed by atoms with van der Waals surface area (Å²) in [5.41, 5.74) is 3.35. The molecule has 1 aliphatic heterocycles. The van der Waals surface area contributed by atoms with E-state index in [1.807, 2.05) is 91.0 Å². The maximum absolute atomic E-state index is 12.6. The smallest absolute Gasteiger partial charge is 0.252 e. The van der Waals surface area contributed by atoms with Gasteiger partial charge in [-0.05, 0) is 22.8 Å². The lowest BCUT2D eigenvalue weighted by atomic mass is 10.1. The Hall–Kier alpha value is -4.39. The number of fused-ring (bicyclic) bond motifs is 1. The molecule has 0 aliphatic carbocycles. The molecule has 5 aromatic rings. The number of sulfone groups is 1. The van der Waals surface area contributed by atoms with Gasteiger partial charge in [-0.1, -0.05) is 104 Å². The van der Waals surface area contributed by atoms with E-state index in [2.05, 4.69) is 16.5 Å². The molecule has 3 heterocycles. The Labute approximate surface area is 274 Å². The topological polar surface area (TPSA) is 111 Å². The summed E-state index contributed by atoms with van der Waals surface area (Å²) >= 11 is 0. The number of benzene rings is 3. The third kappa shape index (κ3) is 7.95. The Morgan fingerprint density at radius 2 is 1.38 bits per heavy atom. The van der Waals surface area contributed by atoms with Gasteiger partial charge in [-0.25, -0.2) is 8.42 Å². The molecule has 0 spiro atoms. The lowest BCUT2D eigenvalue weighted by Gasteiger charge is -2.26. The summed E-state index contributed by atoms with van der Waals surface area (Å²) in [7, 11) is -3.78. The fraction of sp³-hybridized carbons (Fsp3) is 0.278. The minimum Gasteiger partial charge on any atom is -0.473 e. The minimum atomic E-state index is -3.78. The van der Waals surface area contributed by atoms with Gasteiger partial charge in [0.1, 0.15) is 24.9 Å². The number of hydrogen-bond acceptors (Lipinski definition) is 9. The molecule has 1 aliphatic rings. The first-order chi connectivity index (χ1) is 22.9. The summed E-state index contributed by atoms with van der Waals surface area (Å²) in [5.74, 6) is 0.133. The summed E-state index contributed by atoms with van der Waals surface area (Å²) < 4.78 is 58.9. The molecule has 0 bridgehead atoms. The second-order valence-corrected chi connectivity index (χ2v) is 13.1. The van der Waals surface area contributed by atoms with Gasteiger partial charge in [0.05, 0.1) is 31.8 Å². The molecule has 0 unspecified atom stereocenters. The molecule has 244 valence electrons. The average molecular weight is 656 g/mol. The first-order valence-electron chi connectivity index (χ1n) is 15.3. The van der Waals surface area contributed by atoms with Gasteiger partial charge in [-0.3, -0.25) is 0 Å². The van der Waals surface area contributed by atoms with Crippen LogP contribution in [0.5, 0.6) is 5.88 Å². The maximum Gasteiger partial charge on any atom is 0.252 e. The van der Waals surface area contributed by atoms with Crippen molar-refractivity contribution in [3.05, 3.63) is 133 Å². The number of nitrogens with zero attached hydrogens (tertiary/aromatic N) is 3. The van der Waals surface area contributed by atoms with Crippen LogP contribution in [0.1, 0.15) is 22.9 Å². The van der Waals surface area contributed by atoms with Gasteiger partial charge in [-0.15, -0.1) is 0 Å². The Morgan fingerprint density at radius 3 is 1.96 bits per heavy atom. The van der Waals surface area contributed by atoms with Gasteiger partial charge in [0.25, 0.3) is 5.16 Å². The Bertz CT molecular complexity index is 1870. The normalized spacial score (nSPS) is 19.6. The van der Waals surface area contributed by atoms with Crippen molar-refractivity contribution in [2.24, 2.45) is 0 Å². The van der Waals surface area contributed by atoms with E-state index < -0.39 is 34.4 Å². The number of rotatable bonds is 15. The number of hydrogen-bond donors (Lipinski definition) is 0. The molecule has 10 nitrogen and oxygen atoms in total. The molecule has 0 radical (unpaired) electrons. The molecule has 47 heavy (non-hydrogen) atoms. The summed E-state index contributed by atoms with van der Waals surface area (Å²) in [4.78, 5) is 8.68. The van der Waals surface area contributed by atoms with Crippen molar-refractivity contribution in [2.75, 3.05) is 19.5 Å². The maximum atomic E-state index is 12.6. The SMILES string of the molecule is C=CCOc1nc(S(C)(=O)=O)nc2c1ccn2[C@@H]1O[C@H](COCc2ccccc2)[C@@H](OCc2ccccc2)[C@@H]1OCc1ccccc1. The van der Waals surface area contributed by atoms with Crippen LogP contribution in [-0.4, -0.2) is 60.7 Å². The van der Waals surface area contributed by atoms with Crippen molar-refractivity contribution < 1.29 is 32.1 Å². The largest absolute Gasteiger partial charge is 0.473 e. The molecule has 2 aromatic heterocycles. The van der Waals surface area contributed by atoms with E-state index in [4.69, 9.17) is 23.7 Å². The molecular formula is C36H37N3O7S. The van der Waals surface area contributed by atoms with Crippen molar-refractivity contribution >= 4 is 20.9 Å². The highest BCUT2D eigenvalue weighted by molar-refractivity contribution is 7.90. The zero-order valence-electron chi connectivity index (χ0n) is 26.1. The van der Waals surface area contributed by atoms with E-state index >= 15 is 0 Å². The number of ether oxygens (including phenoxy) is 5. The predicted molar refractivity (Wildman–Crippen MR) is 176 cm³/mol. The van der Waals surface area contributed by atoms with Crippen LogP contribution in [0.2, 0.25) is 0 Å². The zero-order valence-corrected chi connectivity index (χ0v) is 26.9. The van der Waals surface area contributed by atoms with Crippen molar-refractivity contribution in [2.45, 2.75) is 49.5 Å². The second-order valence-electron chi connectivity index (χ2n) is 11.2. The Kier molecular flexibility index (Phi) is 10.4. The highest BCUT2D eigenvalue weighted by Gasteiger charge is 2.48. The van der Waals surface area contributed by atoms with E-state index in [1.54, 1.807) is 22.9 Å². The summed E-state index contributed by atoms with van der Waals surface area (Å²) in [6.07, 6.45) is 1.93. The standard InChI is InChI=1S/C36H37N3O7S/c1-3-21-43-34-29-19-20-39(33(29)37-36(38-34)47(2,40)41)35-32(45-24-28-17-11-6-12-18-28)31(44-23-27-15-9-5-10-16-27)30(46-35)25-42-22-26-13-7-4-8-14-26/h3-20,30-32,35H,1,21-25H2,2H3/t30-,31-,32+,35-/m1/s1. The molecule has 6 rings (SSSR count). The van der Waals surface area contributed by atoms with Crippen LogP contribution in [-0.2, 0) is 48.6 Å². The van der Waals surface area contributed by atoms with Crippen LogP contribution in [0.3, 0.4) is 0 Å². The molecular weight excluding hydrogens is 618 g/mol. The van der Waals surface area contributed by atoms with Gasteiger partial charge in [0.2, 0.25) is 15.7 Å². The molecule has 4 atom stereocenters. The molecule has 1 saturated heterocycles. The van der Waals surface area contributed by atoms with Crippen LogP contribution < -0.4 is 4.74 Å². The fourth-order valence-corrected chi connectivity index (χ4v) is 5.95. The van der Waals surface area contributed by atoms with E-state index in [0.29, 0.717) is 30.9 Å². The first-order valence-corrected chi connectivity index (χ1v) is 17.2. The van der Waals surface area contributed by atoms with Crippen molar-refractivity contribution in [1.82, 2.24) is 14.5 Å². The molecule has 0 N–H and O–H groups in total. The highest BCUT2D eigenvalue weighted by Crippen LogP contribution is 2.38. The monoisotopic (exact) mass is 655 g/mol. The summed E-state index contributed by atoms with van der Waals surface area (Å²) in [6, 6.07) is 31.4. The quantitative estimate of drug-likeness (QED) is 0.104. The molecule has 1 fully saturated rings. The van der Waals surface area contributed by atoms with Gasteiger partial charge in [0.15, 0.2) is 11.9 Å². The van der Waals surface area contributed by atoms with Crippen LogP contribution in [0, 0.1) is 0 Å². The lowest BCUT2D eigenvalue weighted by molar-refractivity contribution is -0.0913. The van der Waals surface area contributed by atoms with Gasteiger partial charge in [0, 0.05) is 12.5 Å². The second kappa shape index (κ2) is 15.0. The third-order valence-electron chi connectivity index (χ3n) is 7.71. The number of aromatic nitrogens is 3. The molecule has 11 heteroatoms. The van der Waals surface area contributed by atoms with E-state index in [0.717, 1.165) is 22.9 Å². The minimum absolute atomic E-state index is 0.133. The predicted octanol–water partition coefficient (Wildman–Crippen LogP) is 5.68. The molecule has 3 aromatic carbocycles. The van der Waals surface area contributed by atoms with Crippen molar-refractivity contribution in [3.63, 3.8) is 0 Å².